The van der Waals surface area contributed by atoms with Crippen molar-refractivity contribution < 1.29 is 27.8 Å². The summed E-state index contributed by atoms with van der Waals surface area (Å²) >= 11 is 0. The number of hydrogen-bond acceptors (Lipinski definition) is 9. The Morgan fingerprint density at radius 2 is 1.96 bits per heavy atom. The molecule has 236 valence electrons. The minimum Gasteiger partial charge on any atom is -0.508 e. The van der Waals surface area contributed by atoms with Crippen LogP contribution < -0.4 is 9.64 Å². The quantitative estimate of drug-likeness (QED) is 0.319. The predicted octanol–water partition coefficient (Wildman–Crippen LogP) is 5.50. The van der Waals surface area contributed by atoms with Crippen molar-refractivity contribution in [2.24, 2.45) is 0 Å². The average molecular weight is 621 g/mol. The average Bonchev–Trinajstić information content (AvgIpc) is 3.44. The number of aromatic hydroxyl groups is 1. The molecule has 8 heterocycles. The van der Waals surface area contributed by atoms with Crippen LogP contribution >= 0.6 is 0 Å². The third kappa shape index (κ3) is 5.02. The van der Waals surface area contributed by atoms with Crippen LogP contribution in [0.1, 0.15) is 50.5 Å². The van der Waals surface area contributed by atoms with Crippen LogP contribution in [0, 0.1) is 11.6 Å². The number of rotatable bonds is 3. The van der Waals surface area contributed by atoms with Crippen molar-refractivity contribution in [1.82, 2.24) is 24.8 Å². The van der Waals surface area contributed by atoms with Gasteiger partial charge in [-0.15, -0.1) is 0 Å². The zero-order valence-electron chi connectivity index (χ0n) is 24.9. The molecular weight excluding hydrogens is 585 g/mol. The minimum atomic E-state index is -0.911. The first-order valence-corrected chi connectivity index (χ1v) is 15.9. The summed E-state index contributed by atoms with van der Waals surface area (Å²) in [6.45, 7) is 3.06. The van der Waals surface area contributed by atoms with Crippen LogP contribution in [0.4, 0.5) is 19.0 Å². The molecule has 0 aliphatic carbocycles. The molecule has 9 rings (SSSR count). The molecule has 5 aliphatic rings. The van der Waals surface area contributed by atoms with Gasteiger partial charge in [0, 0.05) is 55.9 Å². The zero-order chi connectivity index (χ0) is 30.7. The topological polar surface area (TPSA) is 96.7 Å². The molecule has 9 nitrogen and oxygen atoms in total. The number of aromatic nitrogens is 4. The highest BCUT2D eigenvalue weighted by Crippen LogP contribution is 2.42. The van der Waals surface area contributed by atoms with Crippen LogP contribution in [0.5, 0.6) is 11.8 Å². The second-order valence-electron chi connectivity index (χ2n) is 12.9. The summed E-state index contributed by atoms with van der Waals surface area (Å²) in [5.41, 5.74) is 0.430. The molecular formula is C33H35F3N6O3. The highest BCUT2D eigenvalue weighted by molar-refractivity contribution is 6.00. The van der Waals surface area contributed by atoms with Crippen molar-refractivity contribution in [3.8, 4) is 23.0 Å². The van der Waals surface area contributed by atoms with Crippen LogP contribution in [0.2, 0.25) is 0 Å². The molecule has 3 fully saturated rings. The van der Waals surface area contributed by atoms with Crippen molar-refractivity contribution in [2.45, 2.75) is 69.2 Å². The summed E-state index contributed by atoms with van der Waals surface area (Å²) in [5.74, 6) is -0.880. The molecule has 3 atom stereocenters. The molecule has 12 heteroatoms. The van der Waals surface area contributed by atoms with Crippen LogP contribution in [0.15, 0.2) is 24.5 Å². The summed E-state index contributed by atoms with van der Waals surface area (Å²) in [6, 6.07) is 2.84. The second kappa shape index (κ2) is 11.2. The molecule has 0 spiro atoms. The predicted molar refractivity (Wildman–Crippen MR) is 162 cm³/mol. The van der Waals surface area contributed by atoms with Crippen molar-refractivity contribution >= 4 is 27.6 Å². The van der Waals surface area contributed by atoms with E-state index in [0.717, 1.165) is 44.8 Å². The number of hydrogen-bond donors (Lipinski definition) is 1. The van der Waals surface area contributed by atoms with Crippen LogP contribution in [0.3, 0.4) is 0 Å². The molecule has 1 N–H and O–H groups in total. The van der Waals surface area contributed by atoms with Gasteiger partial charge in [-0.1, -0.05) is 0 Å². The van der Waals surface area contributed by atoms with Gasteiger partial charge in [-0.25, -0.2) is 13.2 Å². The van der Waals surface area contributed by atoms with E-state index in [2.05, 4.69) is 24.8 Å². The third-order valence-corrected chi connectivity index (χ3v) is 9.99. The van der Waals surface area contributed by atoms with Gasteiger partial charge in [0.15, 0.2) is 5.82 Å². The number of phenolic OH excluding ortho intramolecular Hbond substituents is 1. The van der Waals surface area contributed by atoms with E-state index >= 15 is 8.78 Å². The molecule has 0 radical (unpaired) electrons. The van der Waals surface area contributed by atoms with Crippen LogP contribution in [0.25, 0.3) is 33.1 Å². The summed E-state index contributed by atoms with van der Waals surface area (Å²) in [4.78, 5) is 22.4. The van der Waals surface area contributed by atoms with Crippen molar-refractivity contribution in [3.63, 3.8) is 0 Å². The molecule has 0 unspecified atom stereocenters. The fraction of sp³-hybridized carbons (Fsp3) is 0.515. The number of ether oxygens (including phenoxy) is 2. The number of pyridine rings is 2. The minimum absolute atomic E-state index is 0.00885. The van der Waals surface area contributed by atoms with E-state index in [1.807, 2.05) is 0 Å². The Balaban J connectivity index is 1.31. The van der Waals surface area contributed by atoms with E-state index < -0.39 is 23.3 Å². The normalized spacial score (nSPS) is 25.4. The Morgan fingerprint density at radius 3 is 2.87 bits per heavy atom. The number of nitrogens with zero attached hydrogens (tertiary/aromatic N) is 6. The van der Waals surface area contributed by atoms with E-state index in [4.69, 9.17) is 14.5 Å². The van der Waals surface area contributed by atoms with Gasteiger partial charge in [-0.2, -0.15) is 9.97 Å². The molecule has 5 aliphatic heterocycles. The smallest absolute Gasteiger partial charge is 0.319 e. The van der Waals surface area contributed by atoms with Crippen LogP contribution in [-0.2, 0) is 11.2 Å². The van der Waals surface area contributed by atoms with E-state index in [1.165, 1.54) is 18.3 Å². The SMILES string of the molecule is Oc1cc2c3c(c(F)cnc3c1)CCCO[C@@H]1CCCCN(C1)c1nc(OC[C@@]34CCCN3C[C@H](F)C4)nc3c(F)c-2ncc13. The highest BCUT2D eigenvalue weighted by Gasteiger charge is 2.49. The summed E-state index contributed by atoms with van der Waals surface area (Å²) in [7, 11) is 0. The third-order valence-electron chi connectivity index (χ3n) is 9.99. The lowest BCUT2D eigenvalue weighted by molar-refractivity contribution is 0.0526. The number of fused-ring (bicyclic) bond motifs is 5. The fourth-order valence-electron chi connectivity index (χ4n) is 7.88. The lowest BCUT2D eigenvalue weighted by Crippen LogP contribution is -2.43. The first-order chi connectivity index (χ1) is 21.9. The van der Waals surface area contributed by atoms with E-state index in [-0.39, 0.29) is 41.2 Å². The zero-order valence-corrected chi connectivity index (χ0v) is 24.9. The van der Waals surface area contributed by atoms with Gasteiger partial charge in [0.05, 0.1) is 28.7 Å². The maximum Gasteiger partial charge on any atom is 0.319 e. The van der Waals surface area contributed by atoms with E-state index in [1.54, 1.807) is 0 Å². The lowest BCUT2D eigenvalue weighted by Gasteiger charge is -2.31. The van der Waals surface area contributed by atoms with Gasteiger partial charge in [-0.3, -0.25) is 14.9 Å². The summed E-state index contributed by atoms with van der Waals surface area (Å²) in [6.07, 6.45) is 7.45. The molecule has 45 heavy (non-hydrogen) atoms. The fourth-order valence-corrected chi connectivity index (χ4v) is 7.88. The summed E-state index contributed by atoms with van der Waals surface area (Å²) in [5, 5.41) is 11.4. The molecule has 4 aromatic rings. The Labute approximate surface area is 258 Å². The second-order valence-corrected chi connectivity index (χ2v) is 12.9. The number of aryl methyl sites for hydroxylation is 1. The molecule has 1 aromatic carbocycles. The maximum absolute atomic E-state index is 16.8. The van der Waals surface area contributed by atoms with Crippen LogP contribution in [-0.4, -0.2) is 87.1 Å². The van der Waals surface area contributed by atoms with Gasteiger partial charge in [0.1, 0.15) is 41.4 Å². The first kappa shape index (κ1) is 28.7. The van der Waals surface area contributed by atoms with E-state index in [0.29, 0.717) is 73.2 Å². The molecule has 0 saturated carbocycles. The van der Waals surface area contributed by atoms with Gasteiger partial charge in [0.25, 0.3) is 0 Å². The largest absolute Gasteiger partial charge is 0.508 e. The van der Waals surface area contributed by atoms with Crippen molar-refractivity contribution in [2.75, 3.05) is 44.3 Å². The Hall–Kier alpha value is -3.77. The van der Waals surface area contributed by atoms with Crippen molar-refractivity contribution in [3.05, 3.63) is 41.7 Å². The highest BCUT2D eigenvalue weighted by atomic mass is 19.1. The van der Waals surface area contributed by atoms with Gasteiger partial charge in [0.2, 0.25) is 0 Å². The van der Waals surface area contributed by atoms with Gasteiger partial charge in [-0.05, 0) is 63.1 Å². The van der Waals surface area contributed by atoms with Gasteiger partial charge >= 0.3 is 6.01 Å². The monoisotopic (exact) mass is 620 g/mol. The number of halogens is 3. The Bertz CT molecular complexity index is 1790. The Morgan fingerprint density at radius 1 is 1.04 bits per heavy atom. The Kier molecular flexibility index (Phi) is 7.16. The molecule has 6 bridgehead atoms. The van der Waals surface area contributed by atoms with Gasteiger partial charge < -0.3 is 19.5 Å². The lowest BCUT2D eigenvalue weighted by atomic mass is 9.95. The number of anilines is 1. The molecule has 3 aromatic heterocycles. The molecule has 3 saturated heterocycles. The van der Waals surface area contributed by atoms with E-state index in [9.17, 15) is 9.50 Å². The summed E-state index contributed by atoms with van der Waals surface area (Å²) < 4.78 is 59.2. The first-order valence-electron chi connectivity index (χ1n) is 15.9. The number of phenols is 1. The number of benzene rings is 1. The van der Waals surface area contributed by atoms with Crippen molar-refractivity contribution in [1.29, 1.82) is 0 Å². The number of alkyl halides is 1. The molecule has 0 amide bonds. The standard InChI is InChI=1S/C33H35F3N6O3/c34-19-13-33(7-4-9-42(33)16-19)18-45-32-39-30-24-14-38-29(28(30)36)23-11-20(43)12-26-27(23)22(25(35)15-37-26)6-3-10-44-21-5-1-2-8-41(17-21)31(24)40-32/h11-12,14-15,19,21,43H,1-10,13,16-18H2/t19-,21-,33+/m1/s1. The maximum atomic E-state index is 16.8.